The number of methoxy groups -OCH3 is 2. The molecule has 0 unspecified atom stereocenters. The van der Waals surface area contributed by atoms with Crippen LogP contribution >= 0.6 is 15.9 Å². The fourth-order valence-electron chi connectivity index (χ4n) is 4.37. The van der Waals surface area contributed by atoms with Gasteiger partial charge in [0, 0.05) is 61.4 Å². The van der Waals surface area contributed by atoms with Crippen LogP contribution < -0.4 is 30.5 Å². The smallest absolute Gasteiger partial charge is 0.323 e. The van der Waals surface area contributed by atoms with E-state index in [1.165, 1.54) is 0 Å². The Morgan fingerprint density at radius 2 is 1.53 bits per heavy atom. The van der Waals surface area contributed by atoms with Crippen molar-refractivity contribution in [3.05, 3.63) is 76.8 Å². The summed E-state index contributed by atoms with van der Waals surface area (Å²) in [7, 11) is 3.27. The Bertz CT molecular complexity index is 1260. The molecule has 3 aromatic carbocycles. The van der Waals surface area contributed by atoms with Crippen LogP contribution in [0.25, 0.3) is 0 Å². The van der Waals surface area contributed by atoms with Crippen LogP contribution in [0.3, 0.4) is 0 Å². The maximum Gasteiger partial charge on any atom is 0.323 e. The number of benzene rings is 3. The number of carbonyl (C=O) groups is 2. The summed E-state index contributed by atoms with van der Waals surface area (Å²) in [5, 5.41) is 8.54. The second-order valence-electron chi connectivity index (χ2n) is 8.72. The Balaban J connectivity index is 1.50. The van der Waals surface area contributed by atoms with E-state index in [4.69, 9.17) is 9.47 Å². The lowest BCUT2D eigenvalue weighted by atomic mass is 10.1. The number of nitrogens with one attached hydrogen (secondary N) is 3. The topological polar surface area (TPSA) is 95.2 Å². The molecule has 1 fully saturated rings. The molecule has 4 rings (SSSR count). The first-order valence-electron chi connectivity index (χ1n) is 12.4. The van der Waals surface area contributed by atoms with Crippen LogP contribution in [0.2, 0.25) is 0 Å². The van der Waals surface area contributed by atoms with E-state index in [-0.39, 0.29) is 5.91 Å². The van der Waals surface area contributed by atoms with Gasteiger partial charge in [0.1, 0.15) is 5.75 Å². The zero-order valence-electron chi connectivity index (χ0n) is 21.5. The third kappa shape index (κ3) is 6.96. The SMILES string of the molecule is COCCNC(=O)c1cc(NC(=O)Nc2cccc(Br)c2)ccc1N1CCN(c2ccccc2OC)CC1. The van der Waals surface area contributed by atoms with Gasteiger partial charge in [-0.1, -0.05) is 34.1 Å². The van der Waals surface area contributed by atoms with Crippen molar-refractivity contribution in [2.45, 2.75) is 0 Å². The van der Waals surface area contributed by atoms with Crippen LogP contribution in [0.15, 0.2) is 71.2 Å². The minimum atomic E-state index is -0.396. The highest BCUT2D eigenvalue weighted by atomic mass is 79.9. The molecule has 1 saturated heterocycles. The average Bonchev–Trinajstić information content (AvgIpc) is 2.93. The number of piperazine rings is 1. The first-order chi connectivity index (χ1) is 18.5. The van der Waals surface area contributed by atoms with Crippen molar-refractivity contribution >= 4 is 50.6 Å². The van der Waals surface area contributed by atoms with Crippen molar-refractivity contribution < 1.29 is 19.1 Å². The average molecular weight is 582 g/mol. The number of hydrogen-bond donors (Lipinski definition) is 3. The number of rotatable bonds is 9. The first-order valence-corrected chi connectivity index (χ1v) is 13.2. The lowest BCUT2D eigenvalue weighted by molar-refractivity contribution is 0.0937. The van der Waals surface area contributed by atoms with E-state index in [9.17, 15) is 9.59 Å². The Kier molecular flexibility index (Phi) is 9.45. The highest BCUT2D eigenvalue weighted by Crippen LogP contribution is 2.31. The third-order valence-corrected chi connectivity index (χ3v) is 6.71. The van der Waals surface area contributed by atoms with E-state index >= 15 is 0 Å². The van der Waals surface area contributed by atoms with E-state index in [2.05, 4.69) is 47.7 Å². The molecule has 0 bridgehead atoms. The summed E-state index contributed by atoms with van der Waals surface area (Å²) in [4.78, 5) is 30.3. The van der Waals surface area contributed by atoms with Gasteiger partial charge in [-0.2, -0.15) is 0 Å². The van der Waals surface area contributed by atoms with Crippen LogP contribution in [-0.4, -0.2) is 65.5 Å². The molecule has 1 aliphatic heterocycles. The number of halogens is 1. The van der Waals surface area contributed by atoms with E-state index in [0.717, 1.165) is 47.8 Å². The predicted octanol–water partition coefficient (Wildman–Crippen LogP) is 4.80. The summed E-state index contributed by atoms with van der Waals surface area (Å²) < 4.78 is 11.5. The minimum absolute atomic E-state index is 0.222. The molecule has 0 aromatic heterocycles. The van der Waals surface area contributed by atoms with Crippen molar-refractivity contribution in [2.24, 2.45) is 0 Å². The van der Waals surface area contributed by atoms with E-state index < -0.39 is 6.03 Å². The Labute approximate surface area is 231 Å². The number of nitrogens with zero attached hydrogens (tertiary/aromatic N) is 2. The Morgan fingerprint density at radius 1 is 0.842 bits per heavy atom. The molecule has 0 atom stereocenters. The highest BCUT2D eigenvalue weighted by Gasteiger charge is 2.24. The van der Waals surface area contributed by atoms with Gasteiger partial charge in [-0.3, -0.25) is 4.79 Å². The number of carbonyl (C=O) groups excluding carboxylic acids is 2. The molecule has 200 valence electrons. The van der Waals surface area contributed by atoms with Gasteiger partial charge in [0.25, 0.3) is 5.91 Å². The Hall–Kier alpha value is -3.76. The molecule has 3 amide bonds. The van der Waals surface area contributed by atoms with Gasteiger partial charge in [-0.15, -0.1) is 0 Å². The quantitative estimate of drug-likeness (QED) is 0.314. The van der Waals surface area contributed by atoms with E-state index in [0.29, 0.717) is 30.1 Å². The zero-order chi connectivity index (χ0) is 26.9. The fourth-order valence-corrected chi connectivity index (χ4v) is 4.77. The van der Waals surface area contributed by atoms with Crippen LogP contribution in [0.4, 0.5) is 27.5 Å². The molecule has 1 aliphatic rings. The number of amides is 3. The number of ether oxygens (including phenoxy) is 2. The van der Waals surface area contributed by atoms with Crippen molar-refractivity contribution in [3.8, 4) is 5.75 Å². The fraction of sp³-hybridized carbons (Fsp3) is 0.286. The van der Waals surface area contributed by atoms with E-state index in [1.807, 2.05) is 48.5 Å². The normalized spacial score (nSPS) is 13.1. The number of para-hydroxylation sites is 2. The molecule has 9 nitrogen and oxygen atoms in total. The van der Waals surface area contributed by atoms with Gasteiger partial charge in [0.05, 0.1) is 25.0 Å². The summed E-state index contributed by atoms with van der Waals surface area (Å²) in [5.74, 6) is 0.621. The second kappa shape index (κ2) is 13.2. The first kappa shape index (κ1) is 27.3. The molecule has 3 N–H and O–H groups in total. The molecular weight excluding hydrogens is 550 g/mol. The standard InChI is InChI=1S/C28H32BrN5O4/c1-37-17-12-30-27(35)23-19-22(32-28(36)31-21-7-5-6-20(29)18-21)10-11-24(23)33-13-15-34(16-14-33)25-8-3-4-9-26(25)38-2/h3-11,18-19H,12-17H2,1-2H3,(H,30,35)(H2,31,32,36). The van der Waals surface area contributed by atoms with Crippen LogP contribution in [0.5, 0.6) is 5.75 Å². The molecule has 38 heavy (non-hydrogen) atoms. The summed E-state index contributed by atoms with van der Waals surface area (Å²) in [6.45, 7) is 3.81. The Morgan fingerprint density at radius 3 is 2.21 bits per heavy atom. The van der Waals surface area contributed by atoms with Crippen LogP contribution in [0, 0.1) is 0 Å². The summed E-state index contributed by atoms with van der Waals surface area (Å²) in [6.07, 6.45) is 0. The maximum atomic E-state index is 13.2. The van der Waals surface area contributed by atoms with Gasteiger partial charge < -0.3 is 35.2 Å². The maximum absolute atomic E-state index is 13.2. The predicted molar refractivity (Wildman–Crippen MR) is 155 cm³/mol. The van der Waals surface area contributed by atoms with Crippen molar-refractivity contribution in [1.29, 1.82) is 0 Å². The summed E-state index contributed by atoms with van der Waals surface area (Å²) >= 11 is 3.40. The molecule has 0 aliphatic carbocycles. The summed E-state index contributed by atoms with van der Waals surface area (Å²) in [5.41, 5.74) is 3.54. The van der Waals surface area contributed by atoms with Crippen LogP contribution in [-0.2, 0) is 4.74 Å². The van der Waals surface area contributed by atoms with Crippen molar-refractivity contribution in [3.63, 3.8) is 0 Å². The van der Waals surface area contributed by atoms with Gasteiger partial charge in [-0.05, 0) is 48.5 Å². The monoisotopic (exact) mass is 581 g/mol. The number of anilines is 4. The van der Waals surface area contributed by atoms with Crippen LogP contribution in [0.1, 0.15) is 10.4 Å². The summed E-state index contributed by atoms with van der Waals surface area (Å²) in [6, 6.07) is 20.3. The largest absolute Gasteiger partial charge is 0.495 e. The van der Waals surface area contributed by atoms with E-state index in [1.54, 1.807) is 26.4 Å². The second-order valence-corrected chi connectivity index (χ2v) is 9.63. The number of hydrogen-bond acceptors (Lipinski definition) is 6. The third-order valence-electron chi connectivity index (χ3n) is 6.22. The van der Waals surface area contributed by atoms with Crippen molar-refractivity contribution in [1.82, 2.24) is 5.32 Å². The molecule has 1 heterocycles. The molecule has 0 saturated carbocycles. The minimum Gasteiger partial charge on any atom is -0.495 e. The van der Waals surface area contributed by atoms with Gasteiger partial charge in [0.2, 0.25) is 0 Å². The van der Waals surface area contributed by atoms with Crippen molar-refractivity contribution in [2.75, 3.05) is 74.0 Å². The lowest BCUT2D eigenvalue weighted by Gasteiger charge is -2.38. The molecule has 10 heteroatoms. The molecule has 0 spiro atoms. The van der Waals surface area contributed by atoms with Gasteiger partial charge in [0.15, 0.2) is 0 Å². The highest BCUT2D eigenvalue weighted by molar-refractivity contribution is 9.10. The number of urea groups is 1. The van der Waals surface area contributed by atoms with Gasteiger partial charge in [-0.25, -0.2) is 4.79 Å². The van der Waals surface area contributed by atoms with Gasteiger partial charge >= 0.3 is 6.03 Å². The molecule has 0 radical (unpaired) electrons. The molecule has 3 aromatic rings. The zero-order valence-corrected chi connectivity index (χ0v) is 23.1. The lowest BCUT2D eigenvalue weighted by Crippen LogP contribution is -2.47. The molecular formula is C28H32BrN5O4.